The first kappa shape index (κ1) is 23.7. The molecule has 2 atom stereocenters. The van der Waals surface area contributed by atoms with Gasteiger partial charge in [0.1, 0.15) is 16.0 Å². The number of rotatable bonds is 8. The highest BCUT2D eigenvalue weighted by Gasteiger charge is 2.43. The van der Waals surface area contributed by atoms with Gasteiger partial charge in [-0.3, -0.25) is 9.69 Å². The van der Waals surface area contributed by atoms with Crippen LogP contribution in [0.3, 0.4) is 0 Å². The lowest BCUT2D eigenvalue weighted by Crippen LogP contribution is -2.49. The van der Waals surface area contributed by atoms with Gasteiger partial charge in [-0.25, -0.2) is 13.4 Å². The number of hydrogen-bond acceptors (Lipinski definition) is 8. The summed E-state index contributed by atoms with van der Waals surface area (Å²) in [7, 11) is -3.73. The number of thiophene rings is 1. The van der Waals surface area contributed by atoms with E-state index in [1.54, 1.807) is 22.4 Å². The highest BCUT2D eigenvalue weighted by molar-refractivity contribution is 7.91. The molecule has 2 aromatic heterocycles. The average Bonchev–Trinajstić information content (AvgIpc) is 3.63. The minimum atomic E-state index is -3.73. The second-order valence-corrected chi connectivity index (χ2v) is 12.4. The maximum atomic E-state index is 13.9. The van der Waals surface area contributed by atoms with E-state index in [2.05, 4.69) is 0 Å². The Balaban J connectivity index is 1.48. The van der Waals surface area contributed by atoms with E-state index in [1.807, 2.05) is 25.1 Å². The molecule has 2 aliphatic rings. The number of carbonyl (C=O) groups excluding carboxylic acids is 1. The number of benzene rings is 1. The quantitative estimate of drug-likeness (QED) is 0.443. The first-order chi connectivity index (χ1) is 16.5. The summed E-state index contributed by atoms with van der Waals surface area (Å²) in [6.07, 6.45) is 2.87. The minimum absolute atomic E-state index is 0.0845. The predicted octanol–water partition coefficient (Wildman–Crippen LogP) is 4.12. The summed E-state index contributed by atoms with van der Waals surface area (Å²) in [5, 5.41) is 2.30. The van der Waals surface area contributed by atoms with Crippen LogP contribution in [0, 0.1) is 0 Å². The second kappa shape index (κ2) is 9.90. The van der Waals surface area contributed by atoms with E-state index in [0.29, 0.717) is 44.3 Å². The van der Waals surface area contributed by atoms with E-state index >= 15 is 0 Å². The van der Waals surface area contributed by atoms with Crippen molar-refractivity contribution in [1.29, 1.82) is 0 Å². The first-order valence-corrected chi connectivity index (χ1v) is 14.6. The largest absolute Gasteiger partial charge is 0.494 e. The summed E-state index contributed by atoms with van der Waals surface area (Å²) in [6, 6.07) is 8.24. The Morgan fingerprint density at radius 1 is 1.29 bits per heavy atom. The predicted molar refractivity (Wildman–Crippen MR) is 133 cm³/mol. The van der Waals surface area contributed by atoms with Crippen LogP contribution in [0.25, 0.3) is 10.2 Å². The van der Waals surface area contributed by atoms with Gasteiger partial charge in [0.2, 0.25) is 5.91 Å². The summed E-state index contributed by atoms with van der Waals surface area (Å²) >= 11 is 2.59. The number of ether oxygens (including phenoxy) is 2. The molecule has 0 bridgehead atoms. The van der Waals surface area contributed by atoms with Crippen molar-refractivity contribution in [3.8, 4) is 5.75 Å². The lowest BCUT2D eigenvalue weighted by molar-refractivity contribution is -0.122. The summed E-state index contributed by atoms with van der Waals surface area (Å²) < 4.78 is 40.5. The van der Waals surface area contributed by atoms with E-state index in [-0.39, 0.29) is 16.2 Å². The highest BCUT2D eigenvalue weighted by atomic mass is 32.2. The molecule has 3 aromatic rings. The van der Waals surface area contributed by atoms with Gasteiger partial charge >= 0.3 is 0 Å². The summed E-state index contributed by atoms with van der Waals surface area (Å²) in [5.41, 5.74) is 0.781. The van der Waals surface area contributed by atoms with Gasteiger partial charge in [0.25, 0.3) is 10.0 Å². The van der Waals surface area contributed by atoms with E-state index < -0.39 is 16.1 Å². The van der Waals surface area contributed by atoms with Gasteiger partial charge in [0, 0.05) is 13.2 Å². The third kappa shape index (κ3) is 4.59. The summed E-state index contributed by atoms with van der Waals surface area (Å²) in [5.74, 6) is 0.517. The number of anilines is 1. The van der Waals surface area contributed by atoms with Crippen LogP contribution in [0.1, 0.15) is 32.6 Å². The monoisotopic (exact) mass is 521 g/mol. The van der Waals surface area contributed by atoms with Crippen molar-refractivity contribution in [2.45, 2.75) is 49.0 Å². The molecule has 182 valence electrons. The van der Waals surface area contributed by atoms with E-state index in [4.69, 9.17) is 14.5 Å². The zero-order chi connectivity index (χ0) is 23.7. The Kier molecular flexibility index (Phi) is 6.90. The number of nitrogens with zero attached hydrogens (tertiary/aromatic N) is 3. The second-order valence-electron chi connectivity index (χ2n) is 8.35. The zero-order valence-electron chi connectivity index (χ0n) is 18.9. The molecule has 0 aliphatic carbocycles. The Morgan fingerprint density at radius 3 is 2.91 bits per heavy atom. The van der Waals surface area contributed by atoms with E-state index in [0.717, 1.165) is 28.8 Å². The fourth-order valence-corrected chi connectivity index (χ4v) is 8.28. The van der Waals surface area contributed by atoms with Crippen LogP contribution in [0.4, 0.5) is 5.13 Å². The van der Waals surface area contributed by atoms with Crippen LogP contribution in [0.5, 0.6) is 5.75 Å². The smallest absolute Gasteiger partial charge is 0.253 e. The number of aromatic nitrogens is 1. The van der Waals surface area contributed by atoms with Crippen molar-refractivity contribution in [3.63, 3.8) is 0 Å². The fraction of sp³-hybridized carbons (Fsp3) is 0.478. The van der Waals surface area contributed by atoms with Crippen molar-refractivity contribution in [2.24, 2.45) is 0 Å². The molecule has 4 heterocycles. The topological polar surface area (TPSA) is 89.0 Å². The molecule has 1 aromatic carbocycles. The van der Waals surface area contributed by atoms with Crippen LogP contribution >= 0.6 is 22.7 Å². The van der Waals surface area contributed by atoms with Gasteiger partial charge in [-0.1, -0.05) is 17.4 Å². The number of thiazole rings is 1. The summed E-state index contributed by atoms with van der Waals surface area (Å²) in [4.78, 5) is 20.3. The number of hydrogen-bond donors (Lipinski definition) is 0. The van der Waals surface area contributed by atoms with Crippen LogP contribution in [-0.2, 0) is 19.6 Å². The van der Waals surface area contributed by atoms with Gasteiger partial charge in [-0.05, 0) is 62.3 Å². The maximum Gasteiger partial charge on any atom is 0.253 e. The molecule has 2 unspecified atom stereocenters. The lowest BCUT2D eigenvalue weighted by atomic mass is 10.2. The lowest BCUT2D eigenvalue weighted by Gasteiger charge is -2.29. The number of amides is 1. The highest BCUT2D eigenvalue weighted by Crippen LogP contribution is 2.35. The SMILES string of the molecule is CCOc1ccc2nc(N(CC3CCCO3)C(=O)C3CCCN3S(=O)(=O)c3cccs3)sc2c1. The van der Waals surface area contributed by atoms with Crippen molar-refractivity contribution in [3.05, 3.63) is 35.7 Å². The number of fused-ring (bicyclic) bond motifs is 1. The molecule has 0 saturated carbocycles. The molecular weight excluding hydrogens is 494 g/mol. The standard InChI is InChI=1S/C23H27N3O5S3/c1-2-30-16-9-10-18-20(14-16)33-23(24-18)25(15-17-6-4-12-31-17)22(27)19-7-3-11-26(19)34(28,29)21-8-5-13-32-21/h5,8-10,13-14,17,19H,2-4,6-7,11-12,15H2,1H3. The normalized spacial score (nSPS) is 21.3. The zero-order valence-corrected chi connectivity index (χ0v) is 21.3. The molecule has 8 nitrogen and oxygen atoms in total. The van der Waals surface area contributed by atoms with Crippen LogP contribution in [0.15, 0.2) is 39.9 Å². The van der Waals surface area contributed by atoms with Crippen molar-refractivity contribution in [2.75, 3.05) is 31.2 Å². The molecule has 0 N–H and O–H groups in total. The fourth-order valence-electron chi connectivity index (χ4n) is 4.50. The number of carbonyl (C=O) groups is 1. The molecule has 34 heavy (non-hydrogen) atoms. The molecule has 2 aliphatic heterocycles. The maximum absolute atomic E-state index is 13.9. The third-order valence-corrected chi connectivity index (χ3v) is 10.4. The molecular formula is C23H27N3O5S3. The van der Waals surface area contributed by atoms with Crippen LogP contribution < -0.4 is 9.64 Å². The molecule has 1 amide bonds. The number of sulfonamides is 1. The van der Waals surface area contributed by atoms with E-state index in [1.165, 1.54) is 27.0 Å². The minimum Gasteiger partial charge on any atom is -0.494 e. The van der Waals surface area contributed by atoms with Gasteiger partial charge in [0.05, 0.1) is 29.5 Å². The van der Waals surface area contributed by atoms with Crippen molar-refractivity contribution in [1.82, 2.24) is 9.29 Å². The van der Waals surface area contributed by atoms with Gasteiger partial charge in [-0.2, -0.15) is 4.31 Å². The molecule has 0 radical (unpaired) electrons. The van der Waals surface area contributed by atoms with Gasteiger partial charge in [0.15, 0.2) is 5.13 Å². The Labute approximate surface area is 207 Å². The van der Waals surface area contributed by atoms with Crippen molar-refractivity contribution >= 4 is 54.0 Å². The first-order valence-electron chi connectivity index (χ1n) is 11.5. The molecule has 11 heteroatoms. The molecule has 2 fully saturated rings. The van der Waals surface area contributed by atoms with Crippen LogP contribution in [0.2, 0.25) is 0 Å². The van der Waals surface area contributed by atoms with Crippen molar-refractivity contribution < 1.29 is 22.7 Å². The van der Waals surface area contributed by atoms with Gasteiger partial charge in [-0.15, -0.1) is 11.3 Å². The summed E-state index contributed by atoms with van der Waals surface area (Å²) in [6.45, 7) is 3.87. The Bertz CT molecular complexity index is 1250. The van der Waals surface area contributed by atoms with Crippen LogP contribution in [-0.4, -0.2) is 62.1 Å². The Hall–Kier alpha value is -2.05. The third-order valence-electron chi connectivity index (χ3n) is 6.11. The molecule has 2 saturated heterocycles. The molecule has 0 spiro atoms. The Morgan fingerprint density at radius 2 is 2.18 bits per heavy atom. The average molecular weight is 522 g/mol. The van der Waals surface area contributed by atoms with E-state index in [9.17, 15) is 13.2 Å². The molecule has 5 rings (SSSR count). The van der Waals surface area contributed by atoms with Gasteiger partial charge < -0.3 is 9.47 Å².